The van der Waals surface area contributed by atoms with Gasteiger partial charge in [-0.15, -0.1) is 0 Å². The van der Waals surface area contributed by atoms with Crippen molar-refractivity contribution in [2.24, 2.45) is 0 Å². The molecular weight excluding hydrogens is 409 g/mol. The molecule has 12 heteroatoms. The van der Waals surface area contributed by atoms with Crippen molar-refractivity contribution in [2.45, 2.75) is 11.0 Å². The van der Waals surface area contributed by atoms with Gasteiger partial charge in [0.15, 0.2) is 0 Å². The van der Waals surface area contributed by atoms with Gasteiger partial charge in [-0.3, -0.25) is 4.72 Å². The first-order valence-corrected chi connectivity index (χ1v) is 9.32. The Kier molecular flexibility index (Phi) is 6.84. The van der Waals surface area contributed by atoms with Crippen LogP contribution in [0.3, 0.4) is 0 Å². The van der Waals surface area contributed by atoms with Crippen molar-refractivity contribution < 1.29 is 28.1 Å². The zero-order valence-corrected chi connectivity index (χ0v) is 15.7. The molecule has 0 saturated carbocycles. The van der Waals surface area contributed by atoms with Crippen LogP contribution < -0.4 is 14.2 Å². The van der Waals surface area contributed by atoms with Gasteiger partial charge >= 0.3 is 0 Å². The highest BCUT2D eigenvalue weighted by molar-refractivity contribution is 7.92. The monoisotopic (exact) mass is 423 g/mol. The van der Waals surface area contributed by atoms with E-state index in [-0.39, 0.29) is 39.1 Å². The number of halogens is 2. The molecule has 0 aliphatic carbocycles. The van der Waals surface area contributed by atoms with E-state index < -0.39 is 22.7 Å². The van der Waals surface area contributed by atoms with Crippen LogP contribution in [0.15, 0.2) is 29.3 Å². The van der Waals surface area contributed by atoms with Crippen LogP contribution in [0, 0.1) is 0 Å². The Morgan fingerprint density at radius 3 is 2.73 bits per heavy atom. The zero-order chi connectivity index (χ0) is 19.3. The Morgan fingerprint density at radius 2 is 2.08 bits per heavy atom. The molecule has 1 heterocycles. The average molecular weight is 424 g/mol. The number of aliphatic hydroxyl groups excluding tert-OH is 2. The third-order valence-corrected chi connectivity index (χ3v) is 5.30. The van der Waals surface area contributed by atoms with Crippen molar-refractivity contribution in [3.05, 3.63) is 34.4 Å². The van der Waals surface area contributed by atoms with Crippen LogP contribution >= 0.6 is 23.2 Å². The molecule has 142 valence electrons. The lowest BCUT2D eigenvalue weighted by Gasteiger charge is -2.13. The second-order valence-corrected chi connectivity index (χ2v) is 7.31. The first kappa shape index (κ1) is 20.5. The zero-order valence-electron chi connectivity index (χ0n) is 13.4. The predicted octanol–water partition coefficient (Wildman–Crippen LogP) is 1.32. The quantitative estimate of drug-likeness (QED) is 0.579. The standard InChI is InChI=1S/C14H15Cl2N3O6S/c1-24-14-13(17-5-11(18-14)25-7-8(21)6-20)19-26(22,23)10-4-2-3-9(15)12(10)16/h2-5,8,20-21H,6-7H2,1H3,(H,17,19)/t8-/m1/s1. The average Bonchev–Trinajstić information content (AvgIpc) is 2.62. The molecule has 0 spiro atoms. The highest BCUT2D eigenvalue weighted by Gasteiger charge is 2.23. The van der Waals surface area contributed by atoms with Crippen molar-refractivity contribution in [1.29, 1.82) is 0 Å². The van der Waals surface area contributed by atoms with Crippen molar-refractivity contribution >= 4 is 39.0 Å². The number of aliphatic hydroxyl groups is 2. The number of rotatable bonds is 8. The van der Waals surface area contributed by atoms with E-state index >= 15 is 0 Å². The lowest BCUT2D eigenvalue weighted by molar-refractivity contribution is 0.0518. The number of hydrogen-bond acceptors (Lipinski definition) is 8. The van der Waals surface area contributed by atoms with Gasteiger partial charge in [-0.05, 0) is 12.1 Å². The molecular formula is C14H15Cl2N3O6S. The van der Waals surface area contributed by atoms with Gasteiger partial charge in [0.05, 0.1) is 30.0 Å². The molecule has 0 amide bonds. The van der Waals surface area contributed by atoms with E-state index in [2.05, 4.69) is 14.7 Å². The van der Waals surface area contributed by atoms with Gasteiger partial charge in [0.25, 0.3) is 15.9 Å². The van der Waals surface area contributed by atoms with E-state index in [4.69, 9.17) is 37.8 Å². The fourth-order valence-electron chi connectivity index (χ4n) is 1.75. The second kappa shape index (κ2) is 8.69. The molecule has 0 aliphatic rings. The molecule has 26 heavy (non-hydrogen) atoms. The second-order valence-electron chi connectivity index (χ2n) is 4.87. The lowest BCUT2D eigenvalue weighted by Crippen LogP contribution is -2.22. The van der Waals surface area contributed by atoms with Crippen LogP contribution in [-0.2, 0) is 10.0 Å². The van der Waals surface area contributed by atoms with Crippen LogP contribution in [0.2, 0.25) is 10.0 Å². The number of sulfonamides is 1. The molecule has 1 aromatic carbocycles. The van der Waals surface area contributed by atoms with Crippen LogP contribution in [0.4, 0.5) is 5.82 Å². The summed E-state index contributed by atoms with van der Waals surface area (Å²) in [4.78, 5) is 7.59. The summed E-state index contributed by atoms with van der Waals surface area (Å²) in [7, 11) is -2.84. The molecule has 2 aromatic rings. The smallest absolute Gasteiger partial charge is 0.264 e. The molecule has 3 N–H and O–H groups in total. The Morgan fingerprint density at radius 1 is 1.35 bits per heavy atom. The molecule has 0 radical (unpaired) electrons. The van der Waals surface area contributed by atoms with Crippen LogP contribution in [0.1, 0.15) is 0 Å². The molecule has 1 aromatic heterocycles. The number of nitrogens with one attached hydrogen (secondary N) is 1. The minimum absolute atomic E-state index is 0.0296. The summed E-state index contributed by atoms with van der Waals surface area (Å²) < 4.78 is 37.4. The number of aromatic nitrogens is 2. The van der Waals surface area contributed by atoms with E-state index in [1.54, 1.807) is 0 Å². The number of hydrogen-bond donors (Lipinski definition) is 3. The Labute approximate surface area is 159 Å². The number of ether oxygens (including phenoxy) is 2. The molecule has 0 saturated heterocycles. The highest BCUT2D eigenvalue weighted by atomic mass is 35.5. The summed E-state index contributed by atoms with van der Waals surface area (Å²) in [6.07, 6.45) is 0.0373. The summed E-state index contributed by atoms with van der Waals surface area (Å²) in [5, 5.41) is 18.0. The van der Waals surface area contributed by atoms with Gasteiger partial charge in [0.1, 0.15) is 17.6 Å². The van der Waals surface area contributed by atoms with Gasteiger partial charge in [0, 0.05) is 0 Å². The first-order chi connectivity index (χ1) is 12.3. The van der Waals surface area contributed by atoms with E-state index in [0.29, 0.717) is 0 Å². The molecule has 9 nitrogen and oxygen atoms in total. The van der Waals surface area contributed by atoms with Crippen LogP contribution in [0.5, 0.6) is 11.8 Å². The fourth-order valence-corrected chi connectivity index (χ4v) is 3.52. The van der Waals surface area contributed by atoms with E-state index in [1.807, 2.05) is 0 Å². The molecule has 1 atom stereocenters. The van der Waals surface area contributed by atoms with Gasteiger partial charge in [-0.1, -0.05) is 29.3 Å². The number of anilines is 1. The number of nitrogens with zero attached hydrogens (tertiary/aromatic N) is 2. The Balaban J connectivity index is 2.27. The van der Waals surface area contributed by atoms with Gasteiger partial charge < -0.3 is 19.7 Å². The summed E-state index contributed by atoms with van der Waals surface area (Å²) in [5.41, 5.74) is 0. The molecule has 0 fully saturated rings. The SMILES string of the molecule is COc1nc(OC[C@H](O)CO)cnc1NS(=O)(=O)c1cccc(Cl)c1Cl. The summed E-state index contributed by atoms with van der Waals surface area (Å²) in [5.74, 6) is -0.389. The van der Waals surface area contributed by atoms with Crippen molar-refractivity contribution in [3.63, 3.8) is 0 Å². The molecule has 2 rings (SSSR count). The van der Waals surface area contributed by atoms with E-state index in [1.165, 1.54) is 25.3 Å². The lowest BCUT2D eigenvalue weighted by atomic mass is 10.4. The minimum Gasteiger partial charge on any atom is -0.478 e. The normalized spacial score (nSPS) is 12.5. The van der Waals surface area contributed by atoms with Gasteiger partial charge in [-0.2, -0.15) is 4.98 Å². The molecule has 0 unspecified atom stereocenters. The Bertz CT molecular complexity index is 881. The summed E-state index contributed by atoms with van der Waals surface area (Å²) >= 11 is 11.8. The maximum absolute atomic E-state index is 12.5. The third kappa shape index (κ3) is 4.86. The third-order valence-electron chi connectivity index (χ3n) is 2.98. The van der Waals surface area contributed by atoms with Gasteiger partial charge in [-0.25, -0.2) is 13.4 Å². The summed E-state index contributed by atoms with van der Waals surface area (Å²) in [6, 6.07) is 4.18. The van der Waals surface area contributed by atoms with Crippen LogP contribution in [0.25, 0.3) is 0 Å². The summed E-state index contributed by atoms with van der Waals surface area (Å²) in [6.45, 7) is -0.708. The maximum atomic E-state index is 12.5. The Hall–Kier alpha value is -1.85. The highest BCUT2D eigenvalue weighted by Crippen LogP contribution is 2.31. The minimum atomic E-state index is -4.10. The van der Waals surface area contributed by atoms with Crippen LogP contribution in [-0.4, -0.2) is 55.0 Å². The first-order valence-electron chi connectivity index (χ1n) is 7.08. The topological polar surface area (TPSA) is 131 Å². The number of benzene rings is 1. The largest absolute Gasteiger partial charge is 0.478 e. The van der Waals surface area contributed by atoms with E-state index in [9.17, 15) is 13.5 Å². The van der Waals surface area contributed by atoms with E-state index in [0.717, 1.165) is 6.20 Å². The van der Waals surface area contributed by atoms with Crippen molar-refractivity contribution in [2.75, 3.05) is 25.0 Å². The fraction of sp³-hybridized carbons (Fsp3) is 0.286. The predicted molar refractivity (Wildman–Crippen MR) is 94.4 cm³/mol. The van der Waals surface area contributed by atoms with Crippen molar-refractivity contribution in [3.8, 4) is 11.8 Å². The molecule has 0 bridgehead atoms. The molecule has 0 aliphatic heterocycles. The maximum Gasteiger partial charge on any atom is 0.264 e. The van der Waals surface area contributed by atoms with Gasteiger partial charge in [0.2, 0.25) is 11.7 Å². The number of methoxy groups -OCH3 is 1. The van der Waals surface area contributed by atoms with Crippen molar-refractivity contribution in [1.82, 2.24) is 9.97 Å².